The van der Waals surface area contributed by atoms with Gasteiger partial charge in [-0.2, -0.15) is 0 Å². The summed E-state index contributed by atoms with van der Waals surface area (Å²) in [6, 6.07) is 0. The van der Waals surface area contributed by atoms with E-state index in [1.165, 1.54) is 12.8 Å². The first-order chi connectivity index (χ1) is 5.45. The molecule has 0 bridgehead atoms. The van der Waals surface area contributed by atoms with Gasteiger partial charge in [0.25, 0.3) is 0 Å². The number of hydrogen-bond acceptors (Lipinski definition) is 1. The second-order valence-electron chi connectivity index (χ2n) is 4.40. The predicted octanol–water partition coefficient (Wildman–Crippen LogP) is 2.45. The van der Waals surface area contributed by atoms with Crippen LogP contribution in [0.25, 0.3) is 0 Å². The molecule has 0 aliphatic carbocycles. The van der Waals surface area contributed by atoms with Gasteiger partial charge in [-0.1, -0.05) is 20.8 Å². The van der Waals surface area contributed by atoms with Crippen LogP contribution >= 0.6 is 0 Å². The maximum absolute atomic E-state index is 4.03. The Hall–Kier alpha value is -0.530. The van der Waals surface area contributed by atoms with Crippen LogP contribution < -0.4 is 5.32 Å². The highest BCUT2D eigenvalue weighted by Crippen LogP contribution is 2.19. The maximum Gasteiger partial charge on any atom is 0.0928 e. The van der Waals surface area contributed by atoms with Crippen molar-refractivity contribution in [3.8, 4) is 0 Å². The van der Waals surface area contributed by atoms with E-state index in [4.69, 9.17) is 0 Å². The minimum atomic E-state index is 0.457. The van der Waals surface area contributed by atoms with Crippen molar-refractivity contribution in [2.45, 2.75) is 40.5 Å². The Kier molecular flexibility index (Phi) is 4.95. The molecule has 0 aromatic carbocycles. The fourth-order valence-electron chi connectivity index (χ4n) is 0.967. The standard InChI is InChI=1S/C10H22N2/c1-9(11-5)12-8-6-7-10(2,3)4/h6-8H2,1-5H3,(H,11,12). The van der Waals surface area contributed by atoms with Gasteiger partial charge in [0, 0.05) is 13.6 Å². The number of nitrogens with zero attached hydrogens (tertiary/aromatic N) is 1. The van der Waals surface area contributed by atoms with Crippen molar-refractivity contribution in [2.75, 3.05) is 13.6 Å². The number of hydrogen-bond donors (Lipinski definition) is 1. The third-order valence-electron chi connectivity index (χ3n) is 1.82. The molecule has 0 fully saturated rings. The number of amidine groups is 1. The van der Waals surface area contributed by atoms with Gasteiger partial charge in [0.05, 0.1) is 5.84 Å². The quantitative estimate of drug-likeness (QED) is 0.393. The lowest BCUT2D eigenvalue weighted by Crippen LogP contribution is -2.22. The fraction of sp³-hybridized carbons (Fsp3) is 0.900. The lowest BCUT2D eigenvalue weighted by molar-refractivity contribution is 0.365. The van der Waals surface area contributed by atoms with E-state index in [2.05, 4.69) is 31.1 Å². The average molecular weight is 170 g/mol. The topological polar surface area (TPSA) is 24.4 Å². The van der Waals surface area contributed by atoms with Crippen LogP contribution in [-0.4, -0.2) is 19.4 Å². The molecule has 0 radical (unpaired) electrons. The second-order valence-corrected chi connectivity index (χ2v) is 4.40. The Bertz CT molecular complexity index is 142. The third kappa shape index (κ3) is 7.58. The third-order valence-corrected chi connectivity index (χ3v) is 1.82. The predicted molar refractivity (Wildman–Crippen MR) is 55.7 cm³/mol. The van der Waals surface area contributed by atoms with Crippen LogP contribution in [-0.2, 0) is 0 Å². The molecule has 0 aliphatic heterocycles. The van der Waals surface area contributed by atoms with Gasteiger partial charge in [-0.15, -0.1) is 0 Å². The van der Waals surface area contributed by atoms with Crippen molar-refractivity contribution >= 4 is 5.84 Å². The van der Waals surface area contributed by atoms with E-state index < -0.39 is 0 Å². The monoisotopic (exact) mass is 170 g/mol. The van der Waals surface area contributed by atoms with Crippen LogP contribution in [0, 0.1) is 5.41 Å². The lowest BCUT2D eigenvalue weighted by Gasteiger charge is -2.17. The maximum atomic E-state index is 4.03. The molecule has 12 heavy (non-hydrogen) atoms. The highest BCUT2D eigenvalue weighted by molar-refractivity contribution is 5.79. The molecule has 0 heterocycles. The minimum Gasteiger partial charge on any atom is -0.374 e. The van der Waals surface area contributed by atoms with Crippen LogP contribution in [0.1, 0.15) is 40.5 Å². The molecule has 0 aliphatic rings. The Morgan fingerprint density at radius 3 is 2.33 bits per heavy atom. The van der Waals surface area contributed by atoms with E-state index in [1.807, 2.05) is 14.0 Å². The van der Waals surface area contributed by atoms with Gasteiger partial charge in [0.15, 0.2) is 0 Å². The molecule has 0 aromatic heterocycles. The fourth-order valence-corrected chi connectivity index (χ4v) is 0.967. The summed E-state index contributed by atoms with van der Waals surface area (Å²) in [4.78, 5) is 4.03. The van der Waals surface area contributed by atoms with E-state index in [9.17, 15) is 0 Å². The molecule has 1 N–H and O–H groups in total. The van der Waals surface area contributed by atoms with Gasteiger partial charge in [-0.05, 0) is 25.2 Å². The Labute approximate surface area is 76.5 Å². The summed E-state index contributed by atoms with van der Waals surface area (Å²) in [6.07, 6.45) is 2.48. The van der Waals surface area contributed by atoms with Crippen LogP contribution in [0.2, 0.25) is 0 Å². The lowest BCUT2D eigenvalue weighted by atomic mass is 9.91. The number of aliphatic imine (C=N–C) groups is 1. The van der Waals surface area contributed by atoms with Crippen molar-refractivity contribution < 1.29 is 0 Å². The van der Waals surface area contributed by atoms with Gasteiger partial charge >= 0.3 is 0 Å². The molecule has 72 valence electrons. The van der Waals surface area contributed by atoms with E-state index in [1.54, 1.807) is 0 Å². The normalized spacial score (nSPS) is 13.2. The Morgan fingerprint density at radius 2 is 1.92 bits per heavy atom. The van der Waals surface area contributed by atoms with E-state index in [0.29, 0.717) is 5.41 Å². The summed E-state index contributed by atoms with van der Waals surface area (Å²) in [5.74, 6) is 1.03. The zero-order valence-corrected chi connectivity index (χ0v) is 9.07. The van der Waals surface area contributed by atoms with Crippen molar-refractivity contribution in [1.29, 1.82) is 0 Å². The molecule has 0 saturated heterocycles. The smallest absolute Gasteiger partial charge is 0.0928 e. The molecule has 0 saturated carbocycles. The second kappa shape index (κ2) is 5.18. The summed E-state index contributed by atoms with van der Waals surface area (Å²) >= 11 is 0. The molecule has 0 spiro atoms. The summed E-state index contributed by atoms with van der Waals surface area (Å²) in [7, 11) is 1.81. The van der Waals surface area contributed by atoms with Crippen molar-refractivity contribution in [3.63, 3.8) is 0 Å². The first-order valence-corrected chi connectivity index (χ1v) is 4.63. The van der Waals surface area contributed by atoms with E-state index in [-0.39, 0.29) is 0 Å². The molecule has 2 nitrogen and oxygen atoms in total. The zero-order chi connectivity index (χ0) is 9.61. The summed E-state index contributed by atoms with van der Waals surface area (Å²) in [6.45, 7) is 9.85. The van der Waals surface area contributed by atoms with Gasteiger partial charge in [-0.3, -0.25) is 4.99 Å². The molecule has 0 atom stereocenters. The molecular weight excluding hydrogens is 148 g/mol. The van der Waals surface area contributed by atoms with Crippen LogP contribution in [0.4, 0.5) is 0 Å². The van der Waals surface area contributed by atoms with E-state index >= 15 is 0 Å². The molecular formula is C10H22N2. The summed E-state index contributed by atoms with van der Waals surface area (Å²) in [5, 5.41) is 3.25. The molecule has 2 heteroatoms. The number of nitrogens with one attached hydrogen (secondary N) is 1. The minimum absolute atomic E-state index is 0.457. The van der Waals surface area contributed by atoms with Crippen molar-refractivity contribution in [2.24, 2.45) is 10.4 Å². The van der Waals surface area contributed by atoms with E-state index in [0.717, 1.165) is 12.4 Å². The summed E-state index contributed by atoms with van der Waals surface area (Å²) < 4.78 is 0. The number of rotatable bonds is 3. The highest BCUT2D eigenvalue weighted by atomic mass is 15.0. The molecule has 0 aromatic rings. The van der Waals surface area contributed by atoms with Gasteiger partial charge in [0.2, 0.25) is 0 Å². The SMILES string of the molecule is CN=C(C)NCCCC(C)(C)C. The largest absolute Gasteiger partial charge is 0.374 e. The van der Waals surface area contributed by atoms with Crippen LogP contribution in [0.3, 0.4) is 0 Å². The average Bonchev–Trinajstić information content (AvgIpc) is 1.96. The van der Waals surface area contributed by atoms with Crippen LogP contribution in [0.5, 0.6) is 0 Å². The molecule has 0 rings (SSSR count). The molecule has 0 unspecified atom stereocenters. The van der Waals surface area contributed by atoms with Crippen LogP contribution in [0.15, 0.2) is 4.99 Å². The first-order valence-electron chi connectivity index (χ1n) is 4.63. The molecule has 0 amide bonds. The first kappa shape index (κ1) is 11.5. The summed E-state index contributed by atoms with van der Waals surface area (Å²) in [5.41, 5.74) is 0.457. The Morgan fingerprint density at radius 1 is 1.33 bits per heavy atom. The highest BCUT2D eigenvalue weighted by Gasteiger charge is 2.08. The zero-order valence-electron chi connectivity index (χ0n) is 9.07. The van der Waals surface area contributed by atoms with Crippen molar-refractivity contribution in [1.82, 2.24) is 5.32 Å². The van der Waals surface area contributed by atoms with Gasteiger partial charge in [0.1, 0.15) is 0 Å². The van der Waals surface area contributed by atoms with Gasteiger partial charge < -0.3 is 5.32 Å². The van der Waals surface area contributed by atoms with Gasteiger partial charge in [-0.25, -0.2) is 0 Å². The Balaban J connectivity index is 3.34. The van der Waals surface area contributed by atoms with Crippen molar-refractivity contribution in [3.05, 3.63) is 0 Å².